The summed E-state index contributed by atoms with van der Waals surface area (Å²) in [4.78, 5) is 28.1. The van der Waals surface area contributed by atoms with Crippen LogP contribution in [-0.2, 0) is 9.59 Å². The number of nitrogens with zero attached hydrogens (tertiary/aromatic N) is 1. The molecule has 3 aromatic rings. The van der Waals surface area contributed by atoms with E-state index in [2.05, 4.69) is 40.3 Å². The van der Waals surface area contributed by atoms with Gasteiger partial charge in [0, 0.05) is 24.3 Å². The number of nitrogens with one attached hydrogen (secondary N) is 1. The van der Waals surface area contributed by atoms with Crippen LogP contribution in [0.4, 0.5) is 13.2 Å². The second-order valence-corrected chi connectivity index (χ2v) is 7.92. The fourth-order valence-corrected chi connectivity index (χ4v) is 3.43. The van der Waals surface area contributed by atoms with Crippen LogP contribution in [0.3, 0.4) is 0 Å². The summed E-state index contributed by atoms with van der Waals surface area (Å²) in [5.41, 5.74) is 2.07. The Hall–Kier alpha value is -3.20. The Balaban J connectivity index is 0.000000509. The molecule has 2 aromatic carbocycles. The fraction of sp³-hybridized carbons (Fsp3) is 0.400. The second kappa shape index (κ2) is 12.9. The van der Waals surface area contributed by atoms with Crippen molar-refractivity contribution < 1.29 is 33.0 Å². The number of fused-ring (bicyclic) bond motifs is 1. The number of aromatic nitrogens is 2. The summed E-state index contributed by atoms with van der Waals surface area (Å²) in [6.45, 7) is 1.99. The number of carbonyl (C=O) groups is 2. The molecular weight excluding hydrogens is 449 g/mol. The van der Waals surface area contributed by atoms with Gasteiger partial charge in [0.2, 0.25) is 0 Å². The third-order valence-electron chi connectivity index (χ3n) is 5.41. The molecule has 1 aromatic heterocycles. The third kappa shape index (κ3) is 8.30. The molecule has 1 heterocycles. The first-order valence-electron chi connectivity index (χ1n) is 11.1. The van der Waals surface area contributed by atoms with Gasteiger partial charge in [-0.15, -0.1) is 0 Å². The average molecular weight is 479 g/mol. The predicted molar refractivity (Wildman–Crippen MR) is 123 cm³/mol. The molecule has 0 aliphatic rings. The number of halogens is 3. The molecule has 0 radical (unpaired) electrons. The van der Waals surface area contributed by atoms with Crippen LogP contribution in [0.15, 0.2) is 48.7 Å². The van der Waals surface area contributed by atoms with Gasteiger partial charge in [-0.25, -0.2) is 9.78 Å². The number of hydrogen-bond acceptors (Lipinski definition) is 4. The average Bonchev–Trinajstić information content (AvgIpc) is 3.30. The monoisotopic (exact) mass is 478 g/mol. The highest BCUT2D eigenvalue weighted by Crippen LogP contribution is 2.26. The maximum atomic E-state index is 11.4. The van der Waals surface area contributed by atoms with Gasteiger partial charge in [-0.1, -0.05) is 56.2 Å². The number of aliphatic carboxylic acids is 1. The molecule has 0 aliphatic heterocycles. The lowest BCUT2D eigenvalue weighted by Gasteiger charge is -2.11. The van der Waals surface area contributed by atoms with Gasteiger partial charge in [0.15, 0.2) is 0 Å². The van der Waals surface area contributed by atoms with Crippen LogP contribution in [-0.4, -0.2) is 44.7 Å². The van der Waals surface area contributed by atoms with Crippen molar-refractivity contribution in [2.24, 2.45) is 0 Å². The molecule has 0 amide bonds. The highest BCUT2D eigenvalue weighted by molar-refractivity contribution is 5.86. The first-order chi connectivity index (χ1) is 16.2. The maximum Gasteiger partial charge on any atom is 0.490 e. The Labute approximate surface area is 195 Å². The highest BCUT2D eigenvalue weighted by Gasteiger charge is 2.38. The van der Waals surface area contributed by atoms with E-state index in [1.165, 1.54) is 10.8 Å². The minimum absolute atomic E-state index is 0.0149. The number of benzene rings is 2. The van der Waals surface area contributed by atoms with E-state index >= 15 is 0 Å². The van der Waals surface area contributed by atoms with Crippen molar-refractivity contribution >= 4 is 22.5 Å². The summed E-state index contributed by atoms with van der Waals surface area (Å²) in [6.07, 6.45) is 1.89. The van der Waals surface area contributed by atoms with Crippen molar-refractivity contribution in [3.63, 3.8) is 0 Å². The van der Waals surface area contributed by atoms with Crippen LogP contribution in [0.5, 0.6) is 0 Å². The zero-order chi connectivity index (χ0) is 25.1. The Morgan fingerprint density at radius 1 is 1.06 bits per heavy atom. The van der Waals surface area contributed by atoms with Crippen molar-refractivity contribution in [2.75, 3.05) is 6.61 Å². The molecule has 9 heteroatoms. The zero-order valence-electron chi connectivity index (χ0n) is 18.9. The molecule has 1 atom stereocenters. The molecular formula is C25H29F3N2O4. The van der Waals surface area contributed by atoms with Gasteiger partial charge in [-0.2, -0.15) is 13.2 Å². The van der Waals surface area contributed by atoms with Gasteiger partial charge in [0.25, 0.3) is 0 Å². The molecule has 0 spiro atoms. The number of H-pyrrole nitrogens is 1. The standard InChI is InChI=1S/C23H28N2O2.C2HF3O2/c1-2-21(27)11-5-3-4-10-20(16-26)23-24-15-22(25-23)19-13-12-17-8-6-7-9-18(17)14-19;3-2(4,5)1(6)7/h6-9,12-15,20,26H,2-5,10-11,16H2,1H3,(H,24,25);(H,6,7). The minimum atomic E-state index is -5.08. The number of aromatic amines is 1. The summed E-state index contributed by atoms with van der Waals surface area (Å²) < 4.78 is 31.7. The smallest absolute Gasteiger partial charge is 0.475 e. The van der Waals surface area contributed by atoms with Crippen LogP contribution in [0.25, 0.3) is 22.0 Å². The van der Waals surface area contributed by atoms with Gasteiger partial charge in [-0.3, -0.25) is 4.79 Å². The fourth-order valence-electron chi connectivity index (χ4n) is 3.43. The molecule has 184 valence electrons. The summed E-state index contributed by atoms with van der Waals surface area (Å²) in [5, 5.41) is 19.3. The van der Waals surface area contributed by atoms with Crippen molar-refractivity contribution in [2.45, 2.75) is 57.5 Å². The molecule has 6 nitrogen and oxygen atoms in total. The summed E-state index contributed by atoms with van der Waals surface area (Å²) in [5.74, 6) is -1.57. The van der Waals surface area contributed by atoms with Crippen LogP contribution in [0.1, 0.15) is 57.2 Å². The Kier molecular flexibility index (Phi) is 10.2. The zero-order valence-corrected chi connectivity index (χ0v) is 18.9. The minimum Gasteiger partial charge on any atom is -0.475 e. The number of aliphatic hydroxyl groups excluding tert-OH is 1. The quantitative estimate of drug-likeness (QED) is 0.316. The molecule has 3 N–H and O–H groups in total. The van der Waals surface area contributed by atoms with Crippen LogP contribution in [0.2, 0.25) is 0 Å². The molecule has 0 bridgehead atoms. The number of Topliss-reactive ketones (excluding diaryl/α,β-unsaturated/α-hetero) is 1. The number of alkyl halides is 3. The van der Waals surface area contributed by atoms with E-state index in [9.17, 15) is 23.1 Å². The van der Waals surface area contributed by atoms with E-state index in [0.717, 1.165) is 42.8 Å². The van der Waals surface area contributed by atoms with Crippen LogP contribution in [0, 0.1) is 0 Å². The third-order valence-corrected chi connectivity index (χ3v) is 5.41. The van der Waals surface area contributed by atoms with Crippen molar-refractivity contribution in [1.82, 2.24) is 9.97 Å². The number of carboxylic acid groups (broad SMARTS) is 1. The number of carboxylic acids is 1. The maximum absolute atomic E-state index is 11.4. The molecule has 1 unspecified atom stereocenters. The highest BCUT2D eigenvalue weighted by atomic mass is 19.4. The number of aliphatic hydroxyl groups is 1. The van der Waals surface area contributed by atoms with Gasteiger partial charge >= 0.3 is 12.1 Å². The van der Waals surface area contributed by atoms with Gasteiger partial charge in [0.05, 0.1) is 18.5 Å². The van der Waals surface area contributed by atoms with Crippen molar-refractivity contribution in [3.8, 4) is 11.3 Å². The number of ketones is 1. The summed E-state index contributed by atoms with van der Waals surface area (Å²) in [6, 6.07) is 14.7. The Morgan fingerprint density at radius 3 is 2.35 bits per heavy atom. The van der Waals surface area contributed by atoms with Crippen LogP contribution < -0.4 is 0 Å². The number of carbonyl (C=O) groups excluding carboxylic acids is 1. The molecule has 0 saturated carbocycles. The number of imidazole rings is 1. The molecule has 0 fully saturated rings. The van der Waals surface area contributed by atoms with E-state index in [-0.39, 0.29) is 12.5 Å². The SMILES string of the molecule is CCC(=O)CCCCCC(CO)c1ncc(-c2ccc3ccccc3c2)[nH]1.O=C(O)C(F)(F)F. The van der Waals surface area contributed by atoms with Crippen LogP contribution >= 0.6 is 0 Å². The second-order valence-electron chi connectivity index (χ2n) is 7.92. The summed E-state index contributed by atoms with van der Waals surface area (Å²) in [7, 11) is 0. The number of unbranched alkanes of at least 4 members (excludes halogenated alkanes) is 2. The van der Waals surface area contributed by atoms with Gasteiger partial charge in [0.1, 0.15) is 11.6 Å². The summed E-state index contributed by atoms with van der Waals surface area (Å²) >= 11 is 0. The largest absolute Gasteiger partial charge is 0.490 e. The lowest BCUT2D eigenvalue weighted by Crippen LogP contribution is -2.21. The topological polar surface area (TPSA) is 103 Å². The first kappa shape index (κ1) is 27.0. The lowest BCUT2D eigenvalue weighted by atomic mass is 10.00. The Morgan fingerprint density at radius 2 is 1.74 bits per heavy atom. The normalized spacial score (nSPS) is 12.1. The number of rotatable bonds is 10. The van der Waals surface area contributed by atoms with E-state index < -0.39 is 12.1 Å². The van der Waals surface area contributed by atoms with Crippen molar-refractivity contribution in [3.05, 3.63) is 54.5 Å². The molecule has 3 rings (SSSR count). The number of hydrogen-bond donors (Lipinski definition) is 3. The van der Waals surface area contributed by atoms with E-state index in [1.54, 1.807) is 0 Å². The van der Waals surface area contributed by atoms with E-state index in [4.69, 9.17) is 9.90 Å². The van der Waals surface area contributed by atoms with Gasteiger partial charge in [-0.05, 0) is 29.7 Å². The Bertz CT molecular complexity index is 1080. The van der Waals surface area contributed by atoms with E-state index in [0.29, 0.717) is 18.6 Å². The molecule has 34 heavy (non-hydrogen) atoms. The molecule has 0 saturated heterocycles. The predicted octanol–water partition coefficient (Wildman–Crippen LogP) is 5.87. The van der Waals surface area contributed by atoms with Crippen molar-refractivity contribution in [1.29, 1.82) is 0 Å². The first-order valence-corrected chi connectivity index (χ1v) is 11.1. The van der Waals surface area contributed by atoms with Gasteiger partial charge < -0.3 is 15.2 Å². The van der Waals surface area contributed by atoms with E-state index in [1.807, 2.05) is 25.3 Å². The molecule has 0 aliphatic carbocycles. The lowest BCUT2D eigenvalue weighted by molar-refractivity contribution is -0.192.